The van der Waals surface area contributed by atoms with Gasteiger partial charge in [0.2, 0.25) is 5.69 Å². The van der Waals surface area contributed by atoms with E-state index in [1.807, 2.05) is 0 Å². The number of benzene rings is 2. The van der Waals surface area contributed by atoms with Crippen molar-refractivity contribution in [3.8, 4) is 0 Å². The molecule has 2 atom stereocenters. The highest BCUT2D eigenvalue weighted by molar-refractivity contribution is 5.96. The van der Waals surface area contributed by atoms with Crippen molar-refractivity contribution in [2.45, 2.75) is 105 Å². The molecule has 0 bridgehead atoms. The van der Waals surface area contributed by atoms with Crippen LogP contribution in [0.1, 0.15) is 106 Å². The number of unbranched alkanes of at least 4 members (excludes halogenated alkanes) is 2. The van der Waals surface area contributed by atoms with E-state index in [0.717, 1.165) is 13.0 Å². The van der Waals surface area contributed by atoms with Gasteiger partial charge >= 0.3 is 0 Å². The summed E-state index contributed by atoms with van der Waals surface area (Å²) in [6.45, 7) is 15.1. The lowest BCUT2D eigenvalue weighted by molar-refractivity contribution is -0.432. The maximum Gasteiger partial charge on any atom is 0.209 e. The highest BCUT2D eigenvalue weighted by Crippen LogP contribution is 2.46. The lowest BCUT2D eigenvalue weighted by atomic mass is 9.69. The van der Waals surface area contributed by atoms with Crippen molar-refractivity contribution < 1.29 is 4.58 Å². The second-order valence-corrected chi connectivity index (χ2v) is 13.0. The summed E-state index contributed by atoms with van der Waals surface area (Å²) >= 11 is 0. The van der Waals surface area contributed by atoms with Crippen molar-refractivity contribution in [2.75, 3.05) is 6.54 Å². The van der Waals surface area contributed by atoms with Gasteiger partial charge in [-0.25, -0.2) is 0 Å². The van der Waals surface area contributed by atoms with Crippen LogP contribution in [0.25, 0.3) is 0 Å². The normalized spacial score (nSPS) is 24.7. The molecule has 1 fully saturated rings. The Morgan fingerprint density at radius 3 is 2.46 bits per heavy atom. The van der Waals surface area contributed by atoms with E-state index >= 15 is 0 Å². The average Bonchev–Trinajstić information content (AvgIpc) is 3.33. The van der Waals surface area contributed by atoms with Crippen molar-refractivity contribution in [2.24, 2.45) is 11.3 Å². The van der Waals surface area contributed by atoms with Crippen LogP contribution in [0.3, 0.4) is 0 Å². The van der Waals surface area contributed by atoms with E-state index in [1.54, 1.807) is 22.3 Å². The predicted molar refractivity (Wildman–Crippen MR) is 159 cm³/mol. The van der Waals surface area contributed by atoms with Crippen molar-refractivity contribution >= 4 is 11.4 Å². The van der Waals surface area contributed by atoms with Crippen molar-refractivity contribution in [3.63, 3.8) is 0 Å². The summed E-state index contributed by atoms with van der Waals surface area (Å²) in [7, 11) is 0. The first-order valence-corrected chi connectivity index (χ1v) is 15.0. The van der Waals surface area contributed by atoms with Gasteiger partial charge in [0.1, 0.15) is 6.54 Å². The lowest BCUT2D eigenvalue weighted by Gasteiger charge is -2.36. The van der Waals surface area contributed by atoms with Crippen LogP contribution in [-0.4, -0.2) is 16.8 Å². The molecule has 0 amide bonds. The zero-order valence-corrected chi connectivity index (χ0v) is 24.3. The molecule has 1 heterocycles. The first-order chi connectivity index (χ1) is 17.8. The van der Waals surface area contributed by atoms with Crippen molar-refractivity contribution in [1.29, 1.82) is 0 Å². The minimum absolute atomic E-state index is 0.352. The summed E-state index contributed by atoms with van der Waals surface area (Å²) in [6, 6.07) is 14.2. The minimum Gasteiger partial charge on any atom is -0.196 e. The summed E-state index contributed by atoms with van der Waals surface area (Å²) in [5.41, 5.74) is 14.1. The van der Waals surface area contributed by atoms with Crippen LogP contribution in [0.4, 0.5) is 5.69 Å². The van der Waals surface area contributed by atoms with Crippen LogP contribution >= 0.6 is 0 Å². The topological polar surface area (TPSA) is 3.01 Å². The SMILES string of the molecule is CCCCCC1/C(=C/C2C/C(=C/C3=[N+](CC)c4ccc(C)cc4C3)CC(C)(C)C2)Cc2cc(C)ccc21. The zero-order valence-electron chi connectivity index (χ0n) is 24.3. The molecular formula is C36H48N+. The number of rotatable bonds is 7. The lowest BCUT2D eigenvalue weighted by Crippen LogP contribution is -2.24. The van der Waals surface area contributed by atoms with Crippen LogP contribution in [0.5, 0.6) is 0 Å². The maximum atomic E-state index is 2.75. The molecule has 5 rings (SSSR count). The Balaban J connectivity index is 1.42. The molecule has 2 aliphatic carbocycles. The standard InChI is InChI=1S/C36H48N/c1-7-9-10-11-33-30(21-29-16-25(3)12-14-34(29)33)19-27-18-28(24-36(5,6)23-27)20-32-22-31-17-26(4)13-15-35(31)37(32)8-2/h12-17,19-20,27,33H,7-11,18,21-24H2,1-6H3/q+1/b28-20-,30-19+. The van der Waals surface area contributed by atoms with Gasteiger partial charge in [0, 0.05) is 23.6 Å². The highest BCUT2D eigenvalue weighted by Gasteiger charge is 2.34. The highest BCUT2D eigenvalue weighted by atomic mass is 15.0. The largest absolute Gasteiger partial charge is 0.209 e. The molecule has 0 N–H and O–H groups in total. The van der Waals surface area contributed by atoms with Gasteiger partial charge in [0.15, 0.2) is 5.71 Å². The maximum absolute atomic E-state index is 2.75. The first kappa shape index (κ1) is 26.2. The summed E-state index contributed by atoms with van der Waals surface area (Å²) in [5, 5.41) is 0. The number of hydrogen-bond donors (Lipinski definition) is 0. The molecule has 1 nitrogen and oxygen atoms in total. The Labute approximate surface area is 226 Å². The molecule has 37 heavy (non-hydrogen) atoms. The monoisotopic (exact) mass is 494 g/mol. The molecule has 1 heteroatoms. The van der Waals surface area contributed by atoms with Gasteiger partial charge in [-0.1, -0.05) is 92.6 Å². The van der Waals surface area contributed by atoms with Gasteiger partial charge in [-0.3, -0.25) is 0 Å². The van der Waals surface area contributed by atoms with Gasteiger partial charge in [-0.2, -0.15) is 4.58 Å². The molecule has 1 saturated carbocycles. The van der Waals surface area contributed by atoms with Gasteiger partial charge in [0.25, 0.3) is 0 Å². The van der Waals surface area contributed by atoms with Crippen molar-refractivity contribution in [3.05, 3.63) is 87.5 Å². The molecule has 2 unspecified atom stereocenters. The molecule has 196 valence electrons. The van der Waals surface area contributed by atoms with Crippen LogP contribution < -0.4 is 0 Å². The third-order valence-corrected chi connectivity index (χ3v) is 9.04. The molecule has 0 spiro atoms. The average molecular weight is 495 g/mol. The molecule has 0 aromatic heterocycles. The van der Waals surface area contributed by atoms with E-state index in [2.05, 4.69) is 94.7 Å². The third-order valence-electron chi connectivity index (χ3n) is 9.04. The number of allylic oxidation sites excluding steroid dienone is 4. The quantitative estimate of drug-likeness (QED) is 0.205. The molecule has 0 saturated heterocycles. The van der Waals surface area contributed by atoms with Crippen molar-refractivity contribution in [1.82, 2.24) is 0 Å². The third kappa shape index (κ3) is 5.71. The summed E-state index contributed by atoms with van der Waals surface area (Å²) < 4.78 is 2.55. The van der Waals surface area contributed by atoms with Crippen LogP contribution in [0.15, 0.2) is 59.7 Å². The summed E-state index contributed by atoms with van der Waals surface area (Å²) in [6.07, 6.45) is 16.6. The fraction of sp³-hybridized carbons (Fsp3) is 0.528. The number of aryl methyl sites for hydroxylation is 2. The Kier molecular flexibility index (Phi) is 7.62. The Morgan fingerprint density at radius 2 is 1.70 bits per heavy atom. The zero-order chi connectivity index (χ0) is 26.2. The van der Waals surface area contributed by atoms with Gasteiger partial charge in [0.05, 0.1) is 6.42 Å². The van der Waals surface area contributed by atoms with E-state index in [-0.39, 0.29) is 0 Å². The van der Waals surface area contributed by atoms with E-state index in [4.69, 9.17) is 0 Å². The van der Waals surface area contributed by atoms with Gasteiger partial charge in [-0.05, 0) is 81.4 Å². The Bertz CT molecular complexity index is 1250. The molecular weight excluding hydrogens is 446 g/mol. The number of fused-ring (bicyclic) bond motifs is 2. The van der Waals surface area contributed by atoms with Gasteiger partial charge < -0.3 is 0 Å². The Morgan fingerprint density at radius 1 is 0.946 bits per heavy atom. The fourth-order valence-corrected chi connectivity index (χ4v) is 7.60. The summed E-state index contributed by atoms with van der Waals surface area (Å²) in [4.78, 5) is 0. The van der Waals surface area contributed by atoms with E-state index in [0.29, 0.717) is 17.3 Å². The first-order valence-electron chi connectivity index (χ1n) is 15.0. The second-order valence-electron chi connectivity index (χ2n) is 13.0. The smallest absolute Gasteiger partial charge is 0.196 e. The molecule has 2 aromatic carbocycles. The van der Waals surface area contributed by atoms with Crippen LogP contribution in [0.2, 0.25) is 0 Å². The second kappa shape index (κ2) is 10.8. The van der Waals surface area contributed by atoms with Crippen LogP contribution in [0, 0.1) is 25.2 Å². The van der Waals surface area contributed by atoms with E-state index in [1.165, 1.54) is 79.5 Å². The van der Waals surface area contributed by atoms with E-state index < -0.39 is 0 Å². The van der Waals surface area contributed by atoms with E-state index in [9.17, 15) is 0 Å². The molecule has 0 radical (unpaired) electrons. The molecule has 2 aromatic rings. The van der Waals surface area contributed by atoms with Gasteiger partial charge in [-0.15, -0.1) is 0 Å². The Hall–Kier alpha value is -2.41. The minimum atomic E-state index is 0.352. The fourth-order valence-electron chi connectivity index (χ4n) is 7.60. The predicted octanol–water partition coefficient (Wildman–Crippen LogP) is 9.56. The molecule has 3 aliphatic rings. The number of nitrogens with zero attached hydrogens (tertiary/aromatic N) is 1. The number of hydrogen-bond acceptors (Lipinski definition) is 0. The summed E-state index contributed by atoms with van der Waals surface area (Å²) in [5.74, 6) is 1.29. The molecule has 1 aliphatic heterocycles. The van der Waals surface area contributed by atoms with Crippen LogP contribution in [-0.2, 0) is 12.8 Å².